The van der Waals surface area contributed by atoms with Gasteiger partial charge in [0.05, 0.1) is 13.2 Å². The third-order valence-corrected chi connectivity index (χ3v) is 5.03. The first-order chi connectivity index (χ1) is 14.1. The Kier molecular flexibility index (Phi) is 8.02. The predicted octanol–water partition coefficient (Wildman–Crippen LogP) is 3.14. The molecule has 0 spiro atoms. The Bertz CT molecular complexity index is 761. The van der Waals surface area contributed by atoms with E-state index < -0.39 is 0 Å². The predicted molar refractivity (Wildman–Crippen MR) is 113 cm³/mol. The number of carbonyl (C=O) groups is 1. The molecule has 0 aliphatic carbocycles. The summed E-state index contributed by atoms with van der Waals surface area (Å²) in [4.78, 5) is 19.3. The molecule has 156 valence electrons. The van der Waals surface area contributed by atoms with Crippen LogP contribution in [0.2, 0.25) is 0 Å². The van der Waals surface area contributed by atoms with E-state index in [1.54, 1.807) is 18.3 Å². The topological polar surface area (TPSA) is 63.7 Å². The minimum atomic E-state index is -0.0982. The van der Waals surface area contributed by atoms with Gasteiger partial charge in [-0.05, 0) is 24.0 Å². The van der Waals surface area contributed by atoms with E-state index in [1.807, 2.05) is 30.3 Å². The van der Waals surface area contributed by atoms with Gasteiger partial charge in [-0.1, -0.05) is 44.2 Å². The first kappa shape index (κ1) is 21.3. The number of hydrogen-bond donors (Lipinski definition) is 1. The summed E-state index contributed by atoms with van der Waals surface area (Å²) in [7, 11) is 0. The Balaban J connectivity index is 1.56. The number of nitrogens with one attached hydrogen (secondary N) is 1. The second-order valence-electron chi connectivity index (χ2n) is 7.80. The number of rotatable bonds is 9. The molecule has 1 aliphatic rings. The number of ether oxygens (including phenoxy) is 2. The number of aromatic nitrogens is 1. The first-order valence-electron chi connectivity index (χ1n) is 10.3. The van der Waals surface area contributed by atoms with E-state index in [-0.39, 0.29) is 5.91 Å². The molecule has 1 unspecified atom stereocenters. The Hall–Kier alpha value is -2.44. The molecule has 0 radical (unpaired) electrons. The summed E-state index contributed by atoms with van der Waals surface area (Å²) in [5.41, 5.74) is 1.62. The first-order valence-corrected chi connectivity index (χ1v) is 10.3. The van der Waals surface area contributed by atoms with Crippen LogP contribution in [0.1, 0.15) is 36.2 Å². The number of nitrogens with zero attached hydrogens (tertiary/aromatic N) is 2. The van der Waals surface area contributed by atoms with Gasteiger partial charge in [0, 0.05) is 43.5 Å². The van der Waals surface area contributed by atoms with Crippen molar-refractivity contribution in [3.05, 3.63) is 59.8 Å². The Morgan fingerprint density at radius 1 is 1.21 bits per heavy atom. The second kappa shape index (κ2) is 10.9. The van der Waals surface area contributed by atoms with E-state index in [9.17, 15) is 4.79 Å². The van der Waals surface area contributed by atoms with Gasteiger partial charge in [-0.2, -0.15) is 0 Å². The number of pyridine rings is 1. The van der Waals surface area contributed by atoms with Crippen molar-refractivity contribution in [2.24, 2.45) is 5.92 Å². The second-order valence-corrected chi connectivity index (χ2v) is 7.80. The van der Waals surface area contributed by atoms with Crippen molar-refractivity contribution in [3.63, 3.8) is 0 Å². The summed E-state index contributed by atoms with van der Waals surface area (Å²) in [5.74, 6) is 0.922. The molecule has 3 rings (SSSR count). The summed E-state index contributed by atoms with van der Waals surface area (Å²) < 4.78 is 11.2. The summed E-state index contributed by atoms with van der Waals surface area (Å²) in [5, 5.41) is 3.10. The van der Waals surface area contributed by atoms with Crippen LogP contribution in [0.25, 0.3) is 0 Å². The molecule has 1 saturated heterocycles. The van der Waals surface area contributed by atoms with Gasteiger partial charge in [-0.15, -0.1) is 0 Å². The normalized spacial score (nSPS) is 15.8. The molecule has 29 heavy (non-hydrogen) atoms. The third-order valence-electron chi connectivity index (χ3n) is 5.03. The molecule has 0 saturated carbocycles. The van der Waals surface area contributed by atoms with Crippen LogP contribution in [0.15, 0.2) is 48.7 Å². The highest BCUT2D eigenvalue weighted by molar-refractivity contribution is 5.94. The van der Waals surface area contributed by atoms with E-state index in [2.05, 4.69) is 29.0 Å². The van der Waals surface area contributed by atoms with Crippen molar-refractivity contribution < 1.29 is 14.3 Å². The zero-order valence-corrected chi connectivity index (χ0v) is 17.3. The van der Waals surface area contributed by atoms with Crippen LogP contribution >= 0.6 is 0 Å². The highest BCUT2D eigenvalue weighted by Crippen LogP contribution is 2.15. The number of carbonyl (C=O) groups excluding carboxylic acids is 1. The minimum absolute atomic E-state index is 0.0982. The van der Waals surface area contributed by atoms with Gasteiger partial charge in [0.1, 0.15) is 6.61 Å². The average Bonchev–Trinajstić information content (AvgIpc) is 2.76. The quantitative estimate of drug-likeness (QED) is 0.704. The van der Waals surface area contributed by atoms with E-state index in [0.29, 0.717) is 36.6 Å². The molecular formula is C23H31N3O3. The molecule has 0 bridgehead atoms. The fourth-order valence-corrected chi connectivity index (χ4v) is 3.52. The largest absolute Gasteiger partial charge is 0.473 e. The van der Waals surface area contributed by atoms with E-state index in [0.717, 1.165) is 38.3 Å². The van der Waals surface area contributed by atoms with Crippen LogP contribution < -0.4 is 10.1 Å². The van der Waals surface area contributed by atoms with Crippen molar-refractivity contribution in [2.75, 3.05) is 32.8 Å². The maximum absolute atomic E-state index is 12.7. The number of hydrogen-bond acceptors (Lipinski definition) is 5. The highest BCUT2D eigenvalue weighted by Gasteiger charge is 2.22. The van der Waals surface area contributed by atoms with Crippen molar-refractivity contribution in [1.82, 2.24) is 15.2 Å². The molecule has 1 N–H and O–H groups in total. The molecule has 1 aliphatic heterocycles. The number of morpholine rings is 1. The lowest BCUT2D eigenvalue weighted by atomic mass is 10.0. The maximum atomic E-state index is 12.7. The molecule has 1 aromatic carbocycles. The fraction of sp³-hybridized carbons (Fsp3) is 0.478. The monoisotopic (exact) mass is 397 g/mol. The minimum Gasteiger partial charge on any atom is -0.473 e. The zero-order valence-electron chi connectivity index (χ0n) is 17.3. The van der Waals surface area contributed by atoms with E-state index in [4.69, 9.17) is 9.47 Å². The van der Waals surface area contributed by atoms with Gasteiger partial charge in [0.25, 0.3) is 5.91 Å². The zero-order chi connectivity index (χ0) is 20.5. The van der Waals surface area contributed by atoms with E-state index in [1.165, 1.54) is 0 Å². The van der Waals surface area contributed by atoms with Crippen molar-refractivity contribution in [3.8, 4) is 5.88 Å². The molecule has 1 amide bonds. The molecule has 2 aromatic rings. The van der Waals surface area contributed by atoms with Crippen LogP contribution in [0.4, 0.5) is 0 Å². The van der Waals surface area contributed by atoms with Crippen molar-refractivity contribution >= 4 is 5.91 Å². The van der Waals surface area contributed by atoms with Gasteiger partial charge in [-0.25, -0.2) is 4.98 Å². The summed E-state index contributed by atoms with van der Waals surface area (Å²) in [6.07, 6.45) is 2.66. The van der Waals surface area contributed by atoms with Crippen LogP contribution in [-0.2, 0) is 11.3 Å². The van der Waals surface area contributed by atoms with Crippen molar-refractivity contribution in [2.45, 2.75) is 32.9 Å². The lowest BCUT2D eigenvalue weighted by Gasteiger charge is -2.35. The van der Waals surface area contributed by atoms with Gasteiger partial charge in [-0.3, -0.25) is 9.69 Å². The Morgan fingerprint density at radius 2 is 1.97 bits per heavy atom. The lowest BCUT2D eigenvalue weighted by Crippen LogP contribution is -2.49. The molecule has 6 heteroatoms. The third kappa shape index (κ3) is 6.84. The van der Waals surface area contributed by atoms with Gasteiger partial charge >= 0.3 is 0 Å². The lowest BCUT2D eigenvalue weighted by molar-refractivity contribution is 0.0124. The van der Waals surface area contributed by atoms with Crippen LogP contribution in [-0.4, -0.2) is 54.7 Å². The van der Waals surface area contributed by atoms with Gasteiger partial charge in [0.2, 0.25) is 5.88 Å². The van der Waals surface area contributed by atoms with Gasteiger partial charge < -0.3 is 14.8 Å². The summed E-state index contributed by atoms with van der Waals surface area (Å²) in [6.45, 7) is 8.83. The molecule has 1 fully saturated rings. The molecule has 2 heterocycles. The highest BCUT2D eigenvalue weighted by atomic mass is 16.5. The van der Waals surface area contributed by atoms with Crippen LogP contribution in [0, 0.1) is 5.92 Å². The van der Waals surface area contributed by atoms with Crippen molar-refractivity contribution in [1.29, 1.82) is 0 Å². The van der Waals surface area contributed by atoms with Crippen LogP contribution in [0.3, 0.4) is 0 Å². The molecule has 6 nitrogen and oxygen atoms in total. The summed E-state index contributed by atoms with van der Waals surface area (Å²) >= 11 is 0. The average molecular weight is 398 g/mol. The Morgan fingerprint density at radius 3 is 2.69 bits per heavy atom. The fourth-order valence-electron chi connectivity index (χ4n) is 3.52. The molecule has 1 atom stereocenters. The van der Waals surface area contributed by atoms with Crippen LogP contribution in [0.5, 0.6) is 5.88 Å². The van der Waals surface area contributed by atoms with E-state index >= 15 is 0 Å². The SMILES string of the molecule is CC(C)CC(CNC(=O)c1ccnc(OCc2ccccc2)c1)N1CCOCC1. The molecular weight excluding hydrogens is 366 g/mol. The standard InChI is InChI=1S/C23H31N3O3/c1-18(2)14-21(26-10-12-28-13-11-26)16-25-23(27)20-8-9-24-22(15-20)29-17-19-6-4-3-5-7-19/h3-9,15,18,21H,10-14,16-17H2,1-2H3,(H,25,27). The number of benzene rings is 1. The number of amides is 1. The maximum Gasteiger partial charge on any atom is 0.251 e. The summed E-state index contributed by atoms with van der Waals surface area (Å²) in [6, 6.07) is 13.6. The smallest absolute Gasteiger partial charge is 0.251 e. The molecule has 1 aromatic heterocycles. The van der Waals surface area contributed by atoms with Gasteiger partial charge in [0.15, 0.2) is 0 Å². The Labute approximate surface area is 173 Å².